The summed E-state index contributed by atoms with van der Waals surface area (Å²) in [6.07, 6.45) is 2.06. The maximum absolute atomic E-state index is 11.6. The Kier molecular flexibility index (Phi) is 5.89. The van der Waals surface area contributed by atoms with Crippen LogP contribution < -0.4 is 0 Å². The Labute approximate surface area is 172 Å². The smallest absolute Gasteiger partial charge is 0.332 e. The predicted molar refractivity (Wildman–Crippen MR) is 113 cm³/mol. The molecule has 0 bridgehead atoms. The van der Waals surface area contributed by atoms with Crippen molar-refractivity contribution in [1.29, 1.82) is 0 Å². The van der Waals surface area contributed by atoms with Gasteiger partial charge in [0.25, 0.3) is 0 Å². The molecule has 2 aromatic heterocycles. The highest BCUT2D eigenvalue weighted by molar-refractivity contribution is 7.23. The standard InChI is InChI=1S/C22H22N2O4S/c1-3-28-20(25)14-27-13-17-16(12-26-2)9-10-19-21(17)29-22-23-18(11-24(19)22)15-7-5-4-6-8-15/h4-11H,3,12-14H2,1-2H3. The van der Waals surface area contributed by atoms with Crippen molar-refractivity contribution in [2.75, 3.05) is 20.3 Å². The van der Waals surface area contributed by atoms with Crippen LogP contribution >= 0.6 is 11.3 Å². The molecule has 0 saturated carbocycles. The number of imidazole rings is 1. The van der Waals surface area contributed by atoms with E-state index in [1.165, 1.54) is 0 Å². The van der Waals surface area contributed by atoms with E-state index in [1.54, 1.807) is 25.4 Å². The highest BCUT2D eigenvalue weighted by Gasteiger charge is 2.16. The SMILES string of the molecule is CCOC(=O)COCc1c(COC)ccc2c1sc1nc(-c3ccccc3)cn12. The molecule has 2 heterocycles. The van der Waals surface area contributed by atoms with Crippen LogP contribution in [0.15, 0.2) is 48.7 Å². The topological polar surface area (TPSA) is 62.1 Å². The predicted octanol–water partition coefficient (Wildman–Crippen LogP) is 4.44. The average molecular weight is 410 g/mol. The quantitative estimate of drug-likeness (QED) is 0.402. The zero-order chi connectivity index (χ0) is 20.2. The summed E-state index contributed by atoms with van der Waals surface area (Å²) in [7, 11) is 1.67. The third kappa shape index (κ3) is 4.03. The van der Waals surface area contributed by atoms with E-state index < -0.39 is 0 Å². The van der Waals surface area contributed by atoms with Gasteiger partial charge in [0.2, 0.25) is 0 Å². The van der Waals surface area contributed by atoms with Gasteiger partial charge in [-0.1, -0.05) is 47.7 Å². The van der Waals surface area contributed by atoms with Crippen LogP contribution in [0.1, 0.15) is 18.1 Å². The summed E-state index contributed by atoms with van der Waals surface area (Å²) in [5, 5.41) is 0. The molecule has 0 unspecified atom stereocenters. The number of ether oxygens (including phenoxy) is 3. The van der Waals surface area contributed by atoms with E-state index in [0.717, 1.165) is 37.6 Å². The molecule has 6 nitrogen and oxygen atoms in total. The fourth-order valence-corrected chi connectivity index (χ4v) is 4.46. The molecular formula is C22H22N2O4S. The summed E-state index contributed by atoms with van der Waals surface area (Å²) in [6, 6.07) is 14.3. The van der Waals surface area contributed by atoms with E-state index in [-0.39, 0.29) is 12.6 Å². The van der Waals surface area contributed by atoms with E-state index >= 15 is 0 Å². The van der Waals surface area contributed by atoms with Gasteiger partial charge in [-0.2, -0.15) is 0 Å². The molecule has 7 heteroatoms. The molecule has 0 fully saturated rings. The van der Waals surface area contributed by atoms with E-state index in [4.69, 9.17) is 19.2 Å². The maximum Gasteiger partial charge on any atom is 0.332 e. The van der Waals surface area contributed by atoms with Crippen molar-refractivity contribution in [3.8, 4) is 11.3 Å². The number of hydrogen-bond acceptors (Lipinski definition) is 6. The average Bonchev–Trinajstić information content (AvgIpc) is 3.29. The second-order valence-electron chi connectivity index (χ2n) is 6.53. The highest BCUT2D eigenvalue weighted by Crippen LogP contribution is 2.34. The van der Waals surface area contributed by atoms with Crippen LogP contribution in [-0.2, 0) is 32.2 Å². The monoisotopic (exact) mass is 410 g/mol. The van der Waals surface area contributed by atoms with Crippen LogP contribution in [0.25, 0.3) is 26.4 Å². The Morgan fingerprint density at radius 1 is 1.14 bits per heavy atom. The molecule has 0 atom stereocenters. The van der Waals surface area contributed by atoms with Crippen LogP contribution in [0.5, 0.6) is 0 Å². The first-order chi connectivity index (χ1) is 14.2. The van der Waals surface area contributed by atoms with E-state index in [0.29, 0.717) is 19.8 Å². The van der Waals surface area contributed by atoms with Crippen LogP contribution in [0.2, 0.25) is 0 Å². The lowest BCUT2D eigenvalue weighted by atomic mass is 10.1. The number of carbonyl (C=O) groups excluding carboxylic acids is 1. The van der Waals surface area contributed by atoms with Crippen LogP contribution in [0.3, 0.4) is 0 Å². The van der Waals surface area contributed by atoms with Gasteiger partial charge < -0.3 is 14.2 Å². The Morgan fingerprint density at radius 2 is 1.97 bits per heavy atom. The second kappa shape index (κ2) is 8.73. The molecule has 0 spiro atoms. The Hall–Kier alpha value is -2.74. The first kappa shape index (κ1) is 19.6. The van der Waals surface area contributed by atoms with Crippen molar-refractivity contribution in [3.05, 3.63) is 59.8 Å². The van der Waals surface area contributed by atoms with E-state index in [1.807, 2.05) is 24.3 Å². The fourth-order valence-electron chi connectivity index (χ4n) is 3.30. The van der Waals surface area contributed by atoms with Crippen molar-refractivity contribution in [2.45, 2.75) is 20.1 Å². The molecule has 0 aliphatic rings. The van der Waals surface area contributed by atoms with Gasteiger partial charge >= 0.3 is 5.97 Å². The minimum atomic E-state index is -0.360. The number of aromatic nitrogens is 2. The van der Waals surface area contributed by atoms with Crippen molar-refractivity contribution in [1.82, 2.24) is 9.38 Å². The molecule has 150 valence electrons. The fraction of sp³-hybridized carbons (Fsp3) is 0.273. The zero-order valence-corrected chi connectivity index (χ0v) is 17.2. The minimum Gasteiger partial charge on any atom is -0.464 e. The number of benzene rings is 2. The molecule has 0 N–H and O–H groups in total. The molecule has 2 aromatic carbocycles. The molecule has 0 aliphatic carbocycles. The van der Waals surface area contributed by atoms with Gasteiger partial charge in [-0.05, 0) is 18.6 Å². The van der Waals surface area contributed by atoms with Crippen molar-refractivity contribution in [2.24, 2.45) is 0 Å². The highest BCUT2D eigenvalue weighted by atomic mass is 32.1. The molecule has 4 aromatic rings. The van der Waals surface area contributed by atoms with Crippen molar-refractivity contribution >= 4 is 32.5 Å². The van der Waals surface area contributed by atoms with Gasteiger partial charge in [0.05, 0.1) is 35.7 Å². The number of carbonyl (C=O) groups is 1. The number of methoxy groups -OCH3 is 1. The molecule has 0 saturated heterocycles. The Bertz CT molecular complexity index is 1130. The summed E-state index contributed by atoms with van der Waals surface area (Å²) >= 11 is 1.61. The van der Waals surface area contributed by atoms with Crippen LogP contribution in [-0.4, -0.2) is 35.7 Å². The van der Waals surface area contributed by atoms with Gasteiger partial charge in [-0.25, -0.2) is 9.78 Å². The van der Waals surface area contributed by atoms with Crippen molar-refractivity contribution < 1.29 is 19.0 Å². The summed E-state index contributed by atoms with van der Waals surface area (Å²) in [4.78, 5) is 17.3. The number of thiazole rings is 1. The minimum absolute atomic E-state index is 0.0721. The van der Waals surface area contributed by atoms with Gasteiger partial charge in [-0.15, -0.1) is 0 Å². The van der Waals surface area contributed by atoms with Crippen molar-refractivity contribution in [3.63, 3.8) is 0 Å². The van der Waals surface area contributed by atoms with Crippen LogP contribution in [0.4, 0.5) is 0 Å². The van der Waals surface area contributed by atoms with Gasteiger partial charge in [0.1, 0.15) is 6.61 Å². The maximum atomic E-state index is 11.6. The number of rotatable bonds is 8. The van der Waals surface area contributed by atoms with E-state index in [2.05, 4.69) is 28.8 Å². The number of hydrogen-bond donors (Lipinski definition) is 0. The number of esters is 1. The first-order valence-corrected chi connectivity index (χ1v) is 10.2. The third-order valence-electron chi connectivity index (χ3n) is 4.60. The molecule has 29 heavy (non-hydrogen) atoms. The lowest BCUT2D eigenvalue weighted by molar-refractivity contribution is -0.148. The van der Waals surface area contributed by atoms with Crippen LogP contribution in [0, 0.1) is 0 Å². The summed E-state index contributed by atoms with van der Waals surface area (Å²) in [6.45, 7) is 2.84. The zero-order valence-electron chi connectivity index (χ0n) is 16.4. The third-order valence-corrected chi connectivity index (χ3v) is 5.73. The Morgan fingerprint density at radius 3 is 2.72 bits per heavy atom. The number of fused-ring (bicyclic) bond motifs is 3. The van der Waals surface area contributed by atoms with E-state index in [9.17, 15) is 4.79 Å². The van der Waals surface area contributed by atoms with Gasteiger partial charge in [0.15, 0.2) is 4.96 Å². The largest absolute Gasteiger partial charge is 0.464 e. The van der Waals surface area contributed by atoms with Gasteiger partial charge in [0, 0.05) is 24.4 Å². The number of nitrogens with zero attached hydrogens (tertiary/aromatic N) is 2. The summed E-state index contributed by atoms with van der Waals surface area (Å²) in [5.41, 5.74) is 5.15. The first-order valence-electron chi connectivity index (χ1n) is 9.41. The lowest BCUT2D eigenvalue weighted by Gasteiger charge is -2.11. The molecule has 0 amide bonds. The summed E-state index contributed by atoms with van der Waals surface area (Å²) < 4.78 is 19.1. The second-order valence-corrected chi connectivity index (χ2v) is 7.51. The lowest BCUT2D eigenvalue weighted by Crippen LogP contribution is -2.12. The molecule has 0 radical (unpaired) electrons. The molecular weight excluding hydrogens is 388 g/mol. The summed E-state index contributed by atoms with van der Waals surface area (Å²) in [5.74, 6) is -0.360. The molecule has 0 aliphatic heterocycles. The molecule has 4 rings (SSSR count). The normalized spacial score (nSPS) is 11.4. The van der Waals surface area contributed by atoms with Gasteiger partial charge in [-0.3, -0.25) is 4.40 Å². The Balaban J connectivity index is 1.70.